The number of amides is 3. The van der Waals surface area contributed by atoms with Crippen LogP contribution in [0.5, 0.6) is 0 Å². The number of benzene rings is 2. The third-order valence-electron chi connectivity index (χ3n) is 5.25. The molecule has 9 nitrogen and oxygen atoms in total. The van der Waals surface area contributed by atoms with Crippen LogP contribution in [0, 0.1) is 0 Å². The minimum Gasteiger partial charge on any atom is -0.366 e. The van der Waals surface area contributed by atoms with E-state index in [2.05, 4.69) is 5.32 Å². The third-order valence-corrected chi connectivity index (χ3v) is 7.24. The highest BCUT2D eigenvalue weighted by atomic mass is 32.2. The molecule has 0 bridgehead atoms. The van der Waals surface area contributed by atoms with E-state index in [0.29, 0.717) is 29.9 Å². The largest absolute Gasteiger partial charge is 0.366 e. The average molecular weight is 459 g/mol. The number of nitrogens with two attached hydrogens (primary N) is 1. The minimum absolute atomic E-state index is 0.0103. The smallest absolute Gasteiger partial charge is 0.248 e. The number of nitrogens with zero attached hydrogens (tertiary/aromatic N) is 2. The highest BCUT2D eigenvalue weighted by molar-refractivity contribution is 7.89. The van der Waals surface area contributed by atoms with E-state index in [1.165, 1.54) is 28.6 Å². The van der Waals surface area contributed by atoms with Gasteiger partial charge in [0.2, 0.25) is 27.7 Å². The van der Waals surface area contributed by atoms with E-state index >= 15 is 0 Å². The summed E-state index contributed by atoms with van der Waals surface area (Å²) in [6.07, 6.45) is 1.26. The van der Waals surface area contributed by atoms with Crippen molar-refractivity contribution < 1.29 is 22.8 Å². The summed E-state index contributed by atoms with van der Waals surface area (Å²) in [5.74, 6) is -0.883. The first-order chi connectivity index (χ1) is 15.2. The lowest BCUT2D eigenvalue weighted by Gasteiger charge is -2.21. The minimum atomic E-state index is -3.79. The van der Waals surface area contributed by atoms with Gasteiger partial charge in [-0.2, -0.15) is 4.31 Å². The van der Waals surface area contributed by atoms with Crippen LogP contribution in [0.3, 0.4) is 0 Å². The van der Waals surface area contributed by atoms with Crippen molar-refractivity contribution in [1.29, 1.82) is 0 Å². The van der Waals surface area contributed by atoms with Gasteiger partial charge in [0.1, 0.15) is 0 Å². The summed E-state index contributed by atoms with van der Waals surface area (Å²) in [4.78, 5) is 37.0. The fourth-order valence-electron chi connectivity index (χ4n) is 3.48. The maximum absolute atomic E-state index is 13.0. The van der Waals surface area contributed by atoms with Crippen LogP contribution < -0.4 is 16.0 Å². The molecule has 0 radical (unpaired) electrons. The van der Waals surface area contributed by atoms with Gasteiger partial charge in [-0.15, -0.1) is 0 Å². The van der Waals surface area contributed by atoms with Crippen LogP contribution >= 0.6 is 0 Å². The normalized spacial score (nSPS) is 14.1. The van der Waals surface area contributed by atoms with Crippen molar-refractivity contribution in [3.63, 3.8) is 0 Å². The molecule has 170 valence electrons. The Bertz CT molecular complexity index is 1100. The molecule has 3 amide bonds. The average Bonchev–Trinajstić information content (AvgIpc) is 3.20. The molecule has 10 heteroatoms. The second-order valence-electron chi connectivity index (χ2n) is 7.38. The zero-order valence-corrected chi connectivity index (χ0v) is 18.6. The predicted molar refractivity (Wildman–Crippen MR) is 121 cm³/mol. The van der Waals surface area contributed by atoms with Gasteiger partial charge in [0, 0.05) is 49.4 Å². The molecule has 0 spiro atoms. The van der Waals surface area contributed by atoms with Crippen LogP contribution in [0.2, 0.25) is 0 Å². The lowest BCUT2D eigenvalue weighted by Crippen LogP contribution is -2.33. The third kappa shape index (κ3) is 5.32. The summed E-state index contributed by atoms with van der Waals surface area (Å²) in [6, 6.07) is 12.3. The molecule has 1 aliphatic rings. The number of primary amides is 1. The molecule has 3 rings (SSSR count). The number of sulfonamides is 1. The molecular formula is C22H26N4O5S. The molecule has 0 aromatic heterocycles. The number of nitrogens with one attached hydrogen (secondary N) is 1. The quantitative estimate of drug-likeness (QED) is 0.593. The van der Waals surface area contributed by atoms with Gasteiger partial charge in [-0.05, 0) is 55.0 Å². The van der Waals surface area contributed by atoms with Gasteiger partial charge in [-0.1, -0.05) is 6.92 Å². The van der Waals surface area contributed by atoms with Crippen LogP contribution in [0.4, 0.5) is 11.4 Å². The summed E-state index contributed by atoms with van der Waals surface area (Å²) in [5.41, 5.74) is 6.68. The van der Waals surface area contributed by atoms with Gasteiger partial charge in [-0.25, -0.2) is 8.42 Å². The van der Waals surface area contributed by atoms with E-state index < -0.39 is 15.9 Å². The number of anilines is 2. The lowest BCUT2D eigenvalue weighted by atomic mass is 10.2. The standard InChI is InChI=1S/C22H26N4O5S/c1-2-25(15-13-20(27)24-17-7-5-16(6-8-17)22(23)29)32(30,31)19-11-9-18(10-12-19)26-14-3-4-21(26)28/h5-12H,2-4,13-15H2,1H3,(H2,23,29)(H,24,27). The fourth-order valence-corrected chi connectivity index (χ4v) is 4.93. The number of hydrogen-bond donors (Lipinski definition) is 2. The van der Waals surface area contributed by atoms with Gasteiger partial charge in [0.05, 0.1) is 4.90 Å². The van der Waals surface area contributed by atoms with Gasteiger partial charge < -0.3 is 16.0 Å². The van der Waals surface area contributed by atoms with E-state index in [9.17, 15) is 22.8 Å². The molecule has 2 aromatic rings. The number of hydrogen-bond acceptors (Lipinski definition) is 5. The van der Waals surface area contributed by atoms with Crippen molar-refractivity contribution in [3.05, 3.63) is 54.1 Å². The van der Waals surface area contributed by atoms with Crippen LogP contribution in [0.25, 0.3) is 0 Å². The Labute approximate surface area is 187 Å². The van der Waals surface area contributed by atoms with Crippen molar-refractivity contribution in [2.75, 3.05) is 29.9 Å². The molecule has 3 N–H and O–H groups in total. The van der Waals surface area contributed by atoms with E-state index in [1.807, 2.05) is 0 Å². The second kappa shape index (κ2) is 9.92. The summed E-state index contributed by atoms with van der Waals surface area (Å²) < 4.78 is 27.2. The van der Waals surface area contributed by atoms with Crippen LogP contribution in [0.1, 0.15) is 36.5 Å². The van der Waals surface area contributed by atoms with Crippen molar-refractivity contribution in [1.82, 2.24) is 4.31 Å². The molecular weight excluding hydrogens is 432 g/mol. The Morgan fingerprint density at radius 2 is 1.75 bits per heavy atom. The Balaban J connectivity index is 1.61. The van der Waals surface area contributed by atoms with E-state index in [1.54, 1.807) is 36.1 Å². The van der Waals surface area contributed by atoms with Crippen molar-refractivity contribution in [2.45, 2.75) is 31.1 Å². The molecule has 32 heavy (non-hydrogen) atoms. The molecule has 0 saturated carbocycles. The Kier molecular flexibility index (Phi) is 7.26. The number of rotatable bonds is 9. The monoisotopic (exact) mass is 458 g/mol. The molecule has 1 fully saturated rings. The summed E-state index contributed by atoms with van der Waals surface area (Å²) >= 11 is 0. The van der Waals surface area contributed by atoms with Gasteiger partial charge >= 0.3 is 0 Å². The summed E-state index contributed by atoms with van der Waals surface area (Å²) in [6.45, 7) is 2.55. The van der Waals surface area contributed by atoms with E-state index in [0.717, 1.165) is 6.42 Å². The maximum atomic E-state index is 13.0. The first-order valence-electron chi connectivity index (χ1n) is 10.3. The lowest BCUT2D eigenvalue weighted by molar-refractivity contribution is -0.117. The summed E-state index contributed by atoms with van der Waals surface area (Å²) in [7, 11) is -3.79. The molecule has 0 atom stereocenters. The molecule has 2 aromatic carbocycles. The Morgan fingerprint density at radius 1 is 1.09 bits per heavy atom. The van der Waals surface area contributed by atoms with Crippen LogP contribution in [-0.4, -0.2) is 50.1 Å². The van der Waals surface area contributed by atoms with E-state index in [-0.39, 0.29) is 36.2 Å². The first kappa shape index (κ1) is 23.4. The molecule has 1 heterocycles. The number of carbonyl (C=O) groups is 3. The van der Waals surface area contributed by atoms with Gasteiger partial charge in [0.25, 0.3) is 0 Å². The fraction of sp³-hybridized carbons (Fsp3) is 0.318. The Hall–Kier alpha value is -3.24. The molecule has 1 saturated heterocycles. The van der Waals surface area contributed by atoms with Crippen molar-refractivity contribution >= 4 is 39.1 Å². The molecule has 1 aliphatic heterocycles. The zero-order chi connectivity index (χ0) is 23.3. The van der Waals surface area contributed by atoms with Gasteiger partial charge in [-0.3, -0.25) is 14.4 Å². The van der Waals surface area contributed by atoms with Crippen LogP contribution in [0.15, 0.2) is 53.4 Å². The van der Waals surface area contributed by atoms with E-state index in [4.69, 9.17) is 5.73 Å². The predicted octanol–water partition coefficient (Wildman–Crippen LogP) is 1.95. The highest BCUT2D eigenvalue weighted by Gasteiger charge is 2.25. The molecule has 0 aliphatic carbocycles. The SMILES string of the molecule is CCN(CCC(=O)Nc1ccc(C(N)=O)cc1)S(=O)(=O)c1ccc(N2CCCC2=O)cc1. The van der Waals surface area contributed by atoms with Gasteiger partial charge in [0.15, 0.2) is 0 Å². The number of carbonyl (C=O) groups excluding carboxylic acids is 3. The first-order valence-corrected chi connectivity index (χ1v) is 11.8. The van der Waals surface area contributed by atoms with Crippen LogP contribution in [-0.2, 0) is 19.6 Å². The second-order valence-corrected chi connectivity index (χ2v) is 9.32. The van der Waals surface area contributed by atoms with Crippen molar-refractivity contribution in [2.24, 2.45) is 5.73 Å². The Morgan fingerprint density at radius 3 is 2.28 bits per heavy atom. The zero-order valence-electron chi connectivity index (χ0n) is 17.8. The topological polar surface area (TPSA) is 130 Å². The molecule has 0 unspecified atom stereocenters. The van der Waals surface area contributed by atoms with Crippen molar-refractivity contribution in [3.8, 4) is 0 Å². The maximum Gasteiger partial charge on any atom is 0.248 e. The highest BCUT2D eigenvalue weighted by Crippen LogP contribution is 2.24. The summed E-state index contributed by atoms with van der Waals surface area (Å²) in [5, 5.41) is 2.67.